The summed E-state index contributed by atoms with van der Waals surface area (Å²) in [7, 11) is 0. The van der Waals surface area contributed by atoms with Crippen LogP contribution in [0.3, 0.4) is 0 Å². The Balaban J connectivity index is 1.39. The average molecular weight is 419 g/mol. The molecule has 0 atom stereocenters. The van der Waals surface area contributed by atoms with Crippen LogP contribution in [0.4, 0.5) is 5.13 Å². The zero-order valence-corrected chi connectivity index (χ0v) is 17.4. The van der Waals surface area contributed by atoms with Gasteiger partial charge in [0.1, 0.15) is 0 Å². The molecule has 0 unspecified atom stereocenters. The summed E-state index contributed by atoms with van der Waals surface area (Å²) >= 11 is 1.40. The molecule has 7 heteroatoms. The molecule has 0 spiro atoms. The maximum Gasteiger partial charge on any atom is 0.311 e. The molecule has 0 bridgehead atoms. The fraction of sp³-hybridized carbons (Fsp3) is 0.174. The van der Waals surface area contributed by atoms with E-state index in [0.29, 0.717) is 17.4 Å². The summed E-state index contributed by atoms with van der Waals surface area (Å²) in [6.45, 7) is 3.01. The van der Waals surface area contributed by atoms with Crippen LogP contribution in [-0.2, 0) is 22.5 Å². The minimum atomic E-state index is -0.273. The second-order valence-corrected chi connectivity index (χ2v) is 7.60. The number of fused-ring (bicyclic) bond motifs is 1. The molecule has 1 N–H and O–H groups in total. The van der Waals surface area contributed by atoms with Gasteiger partial charge in [-0.1, -0.05) is 36.4 Å². The fourth-order valence-electron chi connectivity index (χ4n) is 3.18. The van der Waals surface area contributed by atoms with Crippen LogP contribution in [-0.4, -0.2) is 28.3 Å². The summed E-state index contributed by atoms with van der Waals surface area (Å²) in [4.78, 5) is 15.9. The van der Waals surface area contributed by atoms with Crippen molar-refractivity contribution in [3.8, 4) is 0 Å². The van der Waals surface area contributed by atoms with Crippen molar-refractivity contribution in [3.05, 3.63) is 83.0 Å². The lowest BCUT2D eigenvalue weighted by molar-refractivity contribution is -0.142. The molecule has 152 valence electrons. The van der Waals surface area contributed by atoms with Gasteiger partial charge in [-0.3, -0.25) is 10.2 Å². The van der Waals surface area contributed by atoms with Crippen molar-refractivity contribution >= 4 is 39.6 Å². The lowest BCUT2D eigenvalue weighted by Gasteiger charge is -2.06. The Morgan fingerprint density at radius 2 is 2.10 bits per heavy atom. The number of carbonyl (C=O) groups excluding carboxylic acids is 1. The minimum absolute atomic E-state index is 0.173. The van der Waals surface area contributed by atoms with E-state index in [1.165, 1.54) is 27.8 Å². The van der Waals surface area contributed by atoms with Crippen molar-refractivity contribution in [1.29, 1.82) is 0 Å². The second kappa shape index (κ2) is 9.37. The van der Waals surface area contributed by atoms with E-state index in [1.807, 2.05) is 17.5 Å². The van der Waals surface area contributed by atoms with Gasteiger partial charge in [-0.2, -0.15) is 5.10 Å². The smallest absolute Gasteiger partial charge is 0.311 e. The Hall–Kier alpha value is -3.45. The van der Waals surface area contributed by atoms with Gasteiger partial charge in [-0.25, -0.2) is 4.98 Å². The van der Waals surface area contributed by atoms with Crippen molar-refractivity contribution in [2.45, 2.75) is 19.9 Å². The lowest BCUT2D eigenvalue weighted by atomic mass is 10.1. The molecular weight excluding hydrogens is 396 g/mol. The van der Waals surface area contributed by atoms with Crippen molar-refractivity contribution < 1.29 is 9.53 Å². The molecule has 0 saturated carbocycles. The Kier molecular flexibility index (Phi) is 6.20. The predicted octanol–water partition coefficient (Wildman–Crippen LogP) is 4.70. The van der Waals surface area contributed by atoms with Crippen LogP contribution in [0, 0.1) is 0 Å². The first-order chi connectivity index (χ1) is 14.7. The van der Waals surface area contributed by atoms with Crippen molar-refractivity contribution in [1.82, 2.24) is 9.55 Å². The van der Waals surface area contributed by atoms with Crippen molar-refractivity contribution in [3.63, 3.8) is 0 Å². The predicted molar refractivity (Wildman–Crippen MR) is 121 cm³/mol. The summed E-state index contributed by atoms with van der Waals surface area (Å²) in [6.07, 6.45) is 4.05. The molecule has 0 amide bonds. The van der Waals surface area contributed by atoms with E-state index >= 15 is 0 Å². The topological polar surface area (TPSA) is 68.5 Å². The normalized spacial score (nSPS) is 11.2. The Morgan fingerprint density at radius 3 is 2.93 bits per heavy atom. The van der Waals surface area contributed by atoms with E-state index in [1.54, 1.807) is 13.1 Å². The van der Waals surface area contributed by atoms with E-state index in [2.05, 4.69) is 68.7 Å². The SMILES string of the molecule is CCOC(=O)Cc1csc(NN=Cc2ccc3c(ccn3Cc3ccccc3)c2)n1. The summed E-state index contributed by atoms with van der Waals surface area (Å²) < 4.78 is 7.18. The van der Waals surface area contributed by atoms with Gasteiger partial charge in [0.25, 0.3) is 0 Å². The van der Waals surface area contributed by atoms with E-state index < -0.39 is 0 Å². The van der Waals surface area contributed by atoms with E-state index in [9.17, 15) is 4.79 Å². The number of carbonyl (C=O) groups is 1. The molecule has 0 aliphatic heterocycles. The van der Waals surface area contributed by atoms with Crippen LogP contribution in [0.15, 0.2) is 71.3 Å². The first-order valence-corrected chi connectivity index (χ1v) is 10.6. The van der Waals surface area contributed by atoms with Gasteiger partial charge in [0.05, 0.1) is 24.9 Å². The maximum atomic E-state index is 11.5. The number of hydrazone groups is 1. The van der Waals surface area contributed by atoms with Crippen LogP contribution in [0.1, 0.15) is 23.7 Å². The standard InChI is InChI=1S/C23H22N4O2S/c1-2-29-22(28)13-20-16-30-23(25-20)26-24-14-18-8-9-21-19(12-18)10-11-27(21)15-17-6-4-3-5-7-17/h3-12,14,16H,2,13,15H2,1H3,(H,25,26). The minimum Gasteiger partial charge on any atom is -0.466 e. The second-order valence-electron chi connectivity index (χ2n) is 6.74. The number of esters is 1. The Bertz CT molecular complexity index is 1160. The van der Waals surface area contributed by atoms with E-state index in [0.717, 1.165) is 12.1 Å². The highest BCUT2D eigenvalue weighted by Gasteiger charge is 2.08. The van der Waals surface area contributed by atoms with Gasteiger partial charge < -0.3 is 9.30 Å². The number of ether oxygens (including phenoxy) is 1. The number of aromatic nitrogens is 2. The number of nitrogens with one attached hydrogen (secondary N) is 1. The van der Waals surface area contributed by atoms with Crippen molar-refractivity contribution in [2.24, 2.45) is 5.10 Å². The lowest BCUT2D eigenvalue weighted by Crippen LogP contribution is -2.07. The molecule has 4 rings (SSSR count). The molecule has 2 aromatic carbocycles. The van der Waals surface area contributed by atoms with Crippen LogP contribution < -0.4 is 5.43 Å². The number of rotatable bonds is 8. The van der Waals surface area contributed by atoms with Crippen LogP contribution in [0.5, 0.6) is 0 Å². The molecule has 0 fully saturated rings. The molecule has 2 aromatic heterocycles. The number of hydrogen-bond donors (Lipinski definition) is 1. The Labute approximate surface area is 178 Å². The highest BCUT2D eigenvalue weighted by atomic mass is 32.1. The molecule has 6 nitrogen and oxygen atoms in total. The zero-order chi connectivity index (χ0) is 20.8. The monoisotopic (exact) mass is 418 g/mol. The summed E-state index contributed by atoms with van der Waals surface area (Å²) in [5.41, 5.74) is 7.06. The molecule has 0 aliphatic rings. The summed E-state index contributed by atoms with van der Waals surface area (Å²) in [5.74, 6) is -0.273. The van der Waals surface area contributed by atoms with Crippen molar-refractivity contribution in [2.75, 3.05) is 12.0 Å². The molecule has 4 aromatic rings. The number of anilines is 1. The van der Waals surface area contributed by atoms with Gasteiger partial charge >= 0.3 is 5.97 Å². The van der Waals surface area contributed by atoms with E-state index in [4.69, 9.17) is 4.74 Å². The van der Waals surface area contributed by atoms with Gasteiger partial charge in [0, 0.05) is 29.0 Å². The maximum absolute atomic E-state index is 11.5. The third-order valence-corrected chi connectivity index (χ3v) is 5.34. The fourth-order valence-corrected chi connectivity index (χ4v) is 3.84. The molecule has 30 heavy (non-hydrogen) atoms. The van der Waals surface area contributed by atoms with Gasteiger partial charge in [0.15, 0.2) is 0 Å². The summed E-state index contributed by atoms with van der Waals surface area (Å²) in [6, 6.07) is 18.8. The third-order valence-electron chi connectivity index (χ3n) is 4.55. The summed E-state index contributed by atoms with van der Waals surface area (Å²) in [5, 5.41) is 7.91. The molecule has 0 radical (unpaired) electrons. The average Bonchev–Trinajstić information content (AvgIpc) is 3.36. The van der Waals surface area contributed by atoms with Gasteiger partial charge in [0.2, 0.25) is 5.13 Å². The third kappa shape index (κ3) is 4.93. The number of benzene rings is 2. The quantitative estimate of drug-likeness (QED) is 0.256. The van der Waals surface area contributed by atoms with Crippen LogP contribution in [0.25, 0.3) is 10.9 Å². The van der Waals surface area contributed by atoms with Crippen LogP contribution >= 0.6 is 11.3 Å². The number of thiazole rings is 1. The first kappa shape index (κ1) is 19.8. The van der Waals surface area contributed by atoms with Gasteiger partial charge in [-0.05, 0) is 36.2 Å². The van der Waals surface area contributed by atoms with E-state index in [-0.39, 0.29) is 12.4 Å². The van der Waals surface area contributed by atoms with Gasteiger partial charge in [-0.15, -0.1) is 11.3 Å². The highest BCUT2D eigenvalue weighted by Crippen LogP contribution is 2.19. The number of hydrogen-bond acceptors (Lipinski definition) is 6. The number of nitrogens with zero attached hydrogens (tertiary/aromatic N) is 3. The Morgan fingerprint density at radius 1 is 1.23 bits per heavy atom. The highest BCUT2D eigenvalue weighted by molar-refractivity contribution is 7.13. The largest absolute Gasteiger partial charge is 0.466 e. The molecular formula is C23H22N4O2S. The molecule has 0 saturated heterocycles. The van der Waals surface area contributed by atoms with Crippen LogP contribution in [0.2, 0.25) is 0 Å². The molecule has 0 aliphatic carbocycles. The first-order valence-electron chi connectivity index (χ1n) is 9.73. The molecule has 2 heterocycles. The zero-order valence-electron chi connectivity index (χ0n) is 16.6.